The Morgan fingerprint density at radius 2 is 0.905 bits per heavy atom. The number of esters is 2. The summed E-state index contributed by atoms with van der Waals surface area (Å²) < 4.78 is 17.1. The number of hydrogen-bond donors (Lipinski definition) is 0. The standard InChI is InChI=1S/C55H87NO7/c1-6-8-10-12-14-16-18-20-22-24-25-26-27-28-30-32-34-36-38-40-42-44-46-54(58)63-51(49-61-48-47-52(55(59)60)56(3,4)5)50-62-53(57)45-43-41-39-37-35-33-31-29-23-21-19-17-15-13-11-9-7-2/h8,10,14-17,20-23,25-26,28,30-31,33-34,36-37,39,51-52H,6-7,9,11-13,18-19,24,27,29,32,35,38,40-50H2,1-5H3/b10-8+,16-14+,17-15+,22-20+,23-21+,26-25+,30-28+,33-31+,36-34+,39-37+. The topological polar surface area (TPSA) is 102 Å². The van der Waals surface area contributed by atoms with E-state index in [0.29, 0.717) is 12.8 Å². The molecule has 2 atom stereocenters. The molecule has 0 radical (unpaired) electrons. The molecule has 0 spiro atoms. The summed E-state index contributed by atoms with van der Waals surface area (Å²) in [5, 5.41) is 11.6. The SMILES string of the molecule is CC/C=C/C/C=C/C/C=C/C/C=C/C/C=C/C/C=C/CCCCCC(=O)OC(COCCC(C(=O)[O-])[N+](C)(C)C)COC(=O)CCC/C=C/C/C=C/C/C=C/C/C=C/CCCCC. The molecule has 0 N–H and O–H groups in total. The van der Waals surface area contributed by atoms with Crippen molar-refractivity contribution < 1.29 is 38.2 Å². The van der Waals surface area contributed by atoms with E-state index >= 15 is 0 Å². The third-order valence-electron chi connectivity index (χ3n) is 9.83. The van der Waals surface area contributed by atoms with Gasteiger partial charge in [-0.15, -0.1) is 0 Å². The molecule has 2 unspecified atom stereocenters. The van der Waals surface area contributed by atoms with Gasteiger partial charge in [-0.1, -0.05) is 155 Å². The molecule has 0 aliphatic heterocycles. The van der Waals surface area contributed by atoms with Crippen molar-refractivity contribution >= 4 is 17.9 Å². The van der Waals surface area contributed by atoms with Crippen molar-refractivity contribution in [2.45, 2.75) is 167 Å². The van der Waals surface area contributed by atoms with E-state index in [2.05, 4.69) is 135 Å². The highest BCUT2D eigenvalue weighted by Crippen LogP contribution is 2.11. The molecule has 0 saturated heterocycles. The highest BCUT2D eigenvalue weighted by Gasteiger charge is 2.25. The maximum absolute atomic E-state index is 12.8. The van der Waals surface area contributed by atoms with Crippen molar-refractivity contribution in [2.75, 3.05) is 41.0 Å². The van der Waals surface area contributed by atoms with Gasteiger partial charge in [-0.05, 0) is 103 Å². The molecule has 0 aromatic rings. The number of carboxylic acids is 1. The number of carbonyl (C=O) groups is 3. The molecule has 0 aromatic carbocycles. The van der Waals surface area contributed by atoms with Gasteiger partial charge in [0.1, 0.15) is 12.6 Å². The number of likely N-dealkylation sites (N-methyl/N-ethyl adjacent to an activating group) is 1. The number of aliphatic carboxylic acids is 1. The second kappa shape index (κ2) is 44.3. The van der Waals surface area contributed by atoms with Crippen LogP contribution in [-0.4, -0.2) is 75.5 Å². The van der Waals surface area contributed by atoms with Crippen LogP contribution in [0.15, 0.2) is 122 Å². The minimum atomic E-state index is -1.14. The number of allylic oxidation sites excluding steroid dienone is 20. The summed E-state index contributed by atoms with van der Waals surface area (Å²) in [4.78, 5) is 36.9. The average molecular weight is 874 g/mol. The van der Waals surface area contributed by atoms with Crippen LogP contribution < -0.4 is 5.11 Å². The molecule has 0 bridgehead atoms. The fourth-order valence-electron chi connectivity index (χ4n) is 6.12. The normalized spacial score (nSPS) is 14.0. The van der Waals surface area contributed by atoms with E-state index in [0.717, 1.165) is 83.5 Å². The average Bonchev–Trinajstić information content (AvgIpc) is 3.24. The van der Waals surface area contributed by atoms with Gasteiger partial charge in [-0.3, -0.25) is 9.59 Å². The Bertz CT molecular complexity index is 1440. The lowest BCUT2D eigenvalue weighted by Gasteiger charge is -2.34. The zero-order chi connectivity index (χ0) is 46.3. The van der Waals surface area contributed by atoms with Gasteiger partial charge in [0.15, 0.2) is 6.10 Å². The van der Waals surface area contributed by atoms with E-state index in [1.807, 2.05) is 0 Å². The van der Waals surface area contributed by atoms with E-state index < -0.39 is 18.1 Å². The first-order valence-corrected chi connectivity index (χ1v) is 24.1. The lowest BCUT2D eigenvalue weighted by molar-refractivity contribution is -0.889. The Kier molecular flexibility index (Phi) is 41.3. The summed E-state index contributed by atoms with van der Waals surface area (Å²) >= 11 is 0. The van der Waals surface area contributed by atoms with Crippen LogP contribution in [0.1, 0.15) is 155 Å². The third-order valence-corrected chi connectivity index (χ3v) is 9.83. The molecule has 0 saturated carbocycles. The molecule has 63 heavy (non-hydrogen) atoms. The summed E-state index contributed by atoms with van der Waals surface area (Å²) in [6.07, 6.45) is 62.3. The smallest absolute Gasteiger partial charge is 0.306 e. The van der Waals surface area contributed by atoms with Gasteiger partial charge in [-0.2, -0.15) is 0 Å². The summed E-state index contributed by atoms with van der Waals surface area (Å²) in [6, 6.07) is -0.749. The zero-order valence-electron chi connectivity index (χ0n) is 40.2. The molecule has 0 aromatic heterocycles. The van der Waals surface area contributed by atoms with Crippen molar-refractivity contribution in [3.8, 4) is 0 Å². The summed E-state index contributed by atoms with van der Waals surface area (Å²) in [5.74, 6) is -1.87. The van der Waals surface area contributed by atoms with Crippen LogP contribution in [0, 0.1) is 0 Å². The van der Waals surface area contributed by atoms with Crippen LogP contribution in [-0.2, 0) is 28.6 Å². The molecule has 8 nitrogen and oxygen atoms in total. The molecular formula is C55H87NO7. The number of rotatable bonds is 41. The van der Waals surface area contributed by atoms with Gasteiger partial charge in [-0.25, -0.2) is 0 Å². The minimum Gasteiger partial charge on any atom is -0.544 e. The van der Waals surface area contributed by atoms with E-state index in [1.54, 1.807) is 21.1 Å². The number of nitrogens with zero attached hydrogens (tertiary/aromatic N) is 1. The van der Waals surface area contributed by atoms with Crippen molar-refractivity contribution in [2.24, 2.45) is 0 Å². The lowest BCUT2D eigenvalue weighted by Crippen LogP contribution is -2.55. The van der Waals surface area contributed by atoms with Gasteiger partial charge < -0.3 is 28.6 Å². The monoisotopic (exact) mass is 874 g/mol. The van der Waals surface area contributed by atoms with Crippen molar-refractivity contribution in [3.05, 3.63) is 122 Å². The first-order chi connectivity index (χ1) is 30.6. The molecule has 0 fully saturated rings. The Hall–Kier alpha value is -4.27. The van der Waals surface area contributed by atoms with E-state index in [1.165, 1.54) is 25.7 Å². The van der Waals surface area contributed by atoms with Crippen molar-refractivity contribution in [1.82, 2.24) is 0 Å². The zero-order valence-corrected chi connectivity index (χ0v) is 40.2. The van der Waals surface area contributed by atoms with Crippen LogP contribution in [0.5, 0.6) is 0 Å². The van der Waals surface area contributed by atoms with E-state index in [4.69, 9.17) is 14.2 Å². The Morgan fingerprint density at radius 1 is 0.492 bits per heavy atom. The predicted molar refractivity (Wildman–Crippen MR) is 263 cm³/mol. The summed E-state index contributed by atoms with van der Waals surface area (Å²) in [5.41, 5.74) is 0. The molecule has 0 aliphatic carbocycles. The second-order valence-electron chi connectivity index (χ2n) is 16.6. The molecule has 0 aliphatic rings. The minimum absolute atomic E-state index is 0.000827. The highest BCUT2D eigenvalue weighted by molar-refractivity contribution is 5.70. The number of quaternary nitrogens is 1. The number of carboxylic acid groups (broad SMARTS) is 1. The first kappa shape index (κ1) is 58.7. The second-order valence-corrected chi connectivity index (χ2v) is 16.6. The molecular weight excluding hydrogens is 787 g/mol. The summed E-state index contributed by atoms with van der Waals surface area (Å²) in [6.45, 7) is 4.40. The maximum atomic E-state index is 12.8. The van der Waals surface area contributed by atoms with Crippen molar-refractivity contribution in [1.29, 1.82) is 0 Å². The third kappa shape index (κ3) is 42.8. The van der Waals surface area contributed by atoms with Crippen LogP contribution >= 0.6 is 0 Å². The fraction of sp³-hybridized carbons (Fsp3) is 0.582. The van der Waals surface area contributed by atoms with Gasteiger partial charge in [0.05, 0.1) is 40.3 Å². The van der Waals surface area contributed by atoms with Crippen LogP contribution in [0.4, 0.5) is 0 Å². The van der Waals surface area contributed by atoms with Crippen molar-refractivity contribution in [3.63, 3.8) is 0 Å². The van der Waals surface area contributed by atoms with E-state index in [9.17, 15) is 19.5 Å². The predicted octanol–water partition coefficient (Wildman–Crippen LogP) is 12.5. The highest BCUT2D eigenvalue weighted by atomic mass is 16.6. The summed E-state index contributed by atoms with van der Waals surface area (Å²) in [7, 11) is 5.37. The number of hydrogen-bond acceptors (Lipinski definition) is 7. The molecule has 0 amide bonds. The molecule has 0 rings (SSSR count). The molecule has 354 valence electrons. The number of carbonyl (C=O) groups excluding carboxylic acids is 3. The first-order valence-electron chi connectivity index (χ1n) is 24.1. The number of unbranched alkanes of at least 4 members (excludes halogenated alkanes) is 7. The Labute approximate surface area is 384 Å². The Balaban J connectivity index is 4.48. The van der Waals surface area contributed by atoms with Gasteiger partial charge in [0.2, 0.25) is 0 Å². The van der Waals surface area contributed by atoms with Crippen LogP contribution in [0.2, 0.25) is 0 Å². The quantitative estimate of drug-likeness (QED) is 0.0261. The maximum Gasteiger partial charge on any atom is 0.306 e. The largest absolute Gasteiger partial charge is 0.544 e. The molecule has 0 heterocycles. The van der Waals surface area contributed by atoms with Gasteiger partial charge in [0.25, 0.3) is 0 Å². The van der Waals surface area contributed by atoms with E-state index in [-0.39, 0.29) is 55.5 Å². The Morgan fingerprint density at radius 3 is 1.33 bits per heavy atom. The van der Waals surface area contributed by atoms with Crippen LogP contribution in [0.3, 0.4) is 0 Å². The molecule has 8 heteroatoms. The van der Waals surface area contributed by atoms with Gasteiger partial charge >= 0.3 is 11.9 Å². The fourth-order valence-corrected chi connectivity index (χ4v) is 6.12. The van der Waals surface area contributed by atoms with Gasteiger partial charge in [0, 0.05) is 19.3 Å². The van der Waals surface area contributed by atoms with Crippen LogP contribution in [0.25, 0.3) is 0 Å². The lowest BCUT2D eigenvalue weighted by atomic mass is 10.1. The number of ether oxygens (including phenoxy) is 3.